The van der Waals surface area contributed by atoms with Gasteiger partial charge in [0.05, 0.1) is 22.1 Å². The zero-order valence-electron chi connectivity index (χ0n) is 10.5. The molecule has 0 N–H and O–H groups in total. The third kappa shape index (κ3) is 1.83. The van der Waals surface area contributed by atoms with Gasteiger partial charge in [-0.2, -0.15) is 22.7 Å². The number of aryl methyl sites for hydroxylation is 3. The van der Waals surface area contributed by atoms with Gasteiger partial charge in [0.1, 0.15) is 4.90 Å². The maximum atomic E-state index is 12.4. The molecule has 2 heterocycles. The van der Waals surface area contributed by atoms with Gasteiger partial charge in [-0.05, 0) is 20.8 Å². The number of hydrogen-bond donors (Lipinski definition) is 0. The fourth-order valence-corrected chi connectivity index (χ4v) is 3.50. The van der Waals surface area contributed by atoms with E-state index in [2.05, 4.69) is 10.2 Å². The predicted molar refractivity (Wildman–Crippen MR) is 67.2 cm³/mol. The largest absolute Gasteiger partial charge is 0.286 e. The van der Waals surface area contributed by atoms with Gasteiger partial charge in [0.2, 0.25) is 0 Å². The summed E-state index contributed by atoms with van der Waals surface area (Å²) < 4.78 is 27.3. The van der Waals surface area contributed by atoms with Crippen molar-refractivity contribution in [3.05, 3.63) is 28.3 Å². The van der Waals surface area contributed by atoms with Gasteiger partial charge in [0.25, 0.3) is 10.0 Å². The van der Waals surface area contributed by atoms with Crippen molar-refractivity contribution in [2.45, 2.75) is 25.7 Å². The van der Waals surface area contributed by atoms with Crippen molar-refractivity contribution in [3.8, 4) is 0 Å². The molecule has 0 atom stereocenters. The van der Waals surface area contributed by atoms with Crippen LogP contribution < -0.4 is 0 Å². The average Bonchev–Trinajstić information content (AvgIpc) is 2.74. The van der Waals surface area contributed by atoms with Crippen molar-refractivity contribution in [1.82, 2.24) is 19.0 Å². The summed E-state index contributed by atoms with van der Waals surface area (Å²) in [5, 5.41) is 8.35. The second-order valence-electron chi connectivity index (χ2n) is 4.09. The minimum atomic E-state index is -3.74. The smallest absolute Gasteiger partial charge is 0.274 e. The molecule has 0 aliphatic heterocycles. The van der Waals surface area contributed by atoms with Crippen LogP contribution in [0, 0.1) is 20.8 Å². The van der Waals surface area contributed by atoms with Gasteiger partial charge in [0.15, 0.2) is 0 Å². The molecule has 0 aliphatic rings. The van der Waals surface area contributed by atoms with Gasteiger partial charge >= 0.3 is 0 Å². The Morgan fingerprint density at radius 2 is 1.78 bits per heavy atom. The molecular formula is C10H13ClN4O2S. The lowest BCUT2D eigenvalue weighted by molar-refractivity contribution is 0.577. The van der Waals surface area contributed by atoms with Gasteiger partial charge in [-0.15, -0.1) is 0 Å². The fraction of sp³-hybridized carbons (Fsp3) is 0.400. The molecule has 2 aromatic rings. The fourth-order valence-electron chi connectivity index (χ4n) is 1.76. The van der Waals surface area contributed by atoms with E-state index in [1.165, 1.54) is 10.9 Å². The van der Waals surface area contributed by atoms with Crippen LogP contribution in [0.3, 0.4) is 0 Å². The first-order valence-corrected chi connectivity index (χ1v) is 7.04. The molecule has 0 spiro atoms. The molecule has 0 fully saturated rings. The molecule has 0 saturated carbocycles. The number of hydrogen-bond acceptors (Lipinski definition) is 4. The standard InChI is InChI=1S/C10H13ClN4O2S/c1-6-9(5-14(4)12-6)18(16,17)15-8(3)10(11)7(2)13-15/h5H,1-4H3. The number of halogens is 1. The van der Waals surface area contributed by atoms with Crippen molar-refractivity contribution >= 4 is 21.6 Å². The van der Waals surface area contributed by atoms with E-state index in [-0.39, 0.29) is 4.90 Å². The van der Waals surface area contributed by atoms with Crippen LogP contribution in [0.5, 0.6) is 0 Å². The Bertz CT molecular complexity index is 715. The molecule has 8 heteroatoms. The van der Waals surface area contributed by atoms with Crippen LogP contribution in [-0.2, 0) is 17.1 Å². The van der Waals surface area contributed by atoms with Crippen molar-refractivity contribution in [2.75, 3.05) is 0 Å². The zero-order chi connectivity index (χ0) is 13.7. The van der Waals surface area contributed by atoms with Crippen molar-refractivity contribution in [3.63, 3.8) is 0 Å². The Kier molecular flexibility index (Phi) is 2.98. The van der Waals surface area contributed by atoms with E-state index in [9.17, 15) is 8.42 Å². The van der Waals surface area contributed by atoms with E-state index in [0.717, 1.165) is 4.09 Å². The maximum Gasteiger partial charge on any atom is 0.286 e. The number of aromatic nitrogens is 4. The van der Waals surface area contributed by atoms with Gasteiger partial charge < -0.3 is 0 Å². The van der Waals surface area contributed by atoms with E-state index < -0.39 is 10.0 Å². The summed E-state index contributed by atoms with van der Waals surface area (Å²) in [6, 6.07) is 0. The lowest BCUT2D eigenvalue weighted by atomic mass is 10.4. The van der Waals surface area contributed by atoms with Gasteiger partial charge in [-0.25, -0.2) is 0 Å². The first-order chi connectivity index (χ1) is 8.25. The molecule has 0 saturated heterocycles. The predicted octanol–water partition coefficient (Wildman–Crippen LogP) is 1.43. The highest BCUT2D eigenvalue weighted by molar-refractivity contribution is 7.90. The topological polar surface area (TPSA) is 69.8 Å². The lowest BCUT2D eigenvalue weighted by Gasteiger charge is -2.04. The van der Waals surface area contributed by atoms with E-state index in [0.29, 0.717) is 22.1 Å². The van der Waals surface area contributed by atoms with E-state index in [1.807, 2.05) is 0 Å². The minimum Gasteiger partial charge on any atom is -0.274 e. The maximum absolute atomic E-state index is 12.4. The first-order valence-electron chi connectivity index (χ1n) is 5.22. The van der Waals surface area contributed by atoms with Gasteiger partial charge in [0, 0.05) is 13.2 Å². The molecule has 2 rings (SSSR count). The van der Waals surface area contributed by atoms with Crippen LogP contribution in [0.2, 0.25) is 5.02 Å². The summed E-state index contributed by atoms with van der Waals surface area (Å²) in [5.74, 6) is 0. The molecule has 98 valence electrons. The van der Waals surface area contributed by atoms with Crippen LogP contribution in [0.4, 0.5) is 0 Å². The molecule has 6 nitrogen and oxygen atoms in total. The molecule has 0 aromatic carbocycles. The van der Waals surface area contributed by atoms with Crippen LogP contribution in [-0.4, -0.2) is 27.4 Å². The zero-order valence-corrected chi connectivity index (χ0v) is 12.0. The van der Waals surface area contributed by atoms with Crippen LogP contribution in [0.1, 0.15) is 17.1 Å². The van der Waals surface area contributed by atoms with E-state index in [1.54, 1.807) is 27.8 Å². The van der Waals surface area contributed by atoms with Gasteiger partial charge in [-0.1, -0.05) is 11.6 Å². The Balaban J connectivity index is 2.69. The van der Waals surface area contributed by atoms with Crippen molar-refractivity contribution < 1.29 is 8.42 Å². The first kappa shape index (κ1) is 13.1. The molecule has 0 unspecified atom stereocenters. The summed E-state index contributed by atoms with van der Waals surface area (Å²) in [5.41, 5.74) is 1.32. The Hall–Kier alpha value is -1.34. The lowest BCUT2D eigenvalue weighted by Crippen LogP contribution is -2.16. The normalized spacial score (nSPS) is 12.1. The highest BCUT2D eigenvalue weighted by Crippen LogP contribution is 2.24. The molecule has 0 aliphatic carbocycles. The highest BCUT2D eigenvalue weighted by Gasteiger charge is 2.26. The summed E-state index contributed by atoms with van der Waals surface area (Å²) >= 11 is 5.97. The summed E-state index contributed by atoms with van der Waals surface area (Å²) in [6.45, 7) is 4.92. The van der Waals surface area contributed by atoms with Crippen molar-refractivity contribution in [2.24, 2.45) is 7.05 Å². The molecule has 0 bridgehead atoms. The minimum absolute atomic E-state index is 0.132. The average molecular weight is 289 g/mol. The van der Waals surface area contributed by atoms with E-state index >= 15 is 0 Å². The van der Waals surface area contributed by atoms with Crippen LogP contribution in [0.15, 0.2) is 11.1 Å². The second-order valence-corrected chi connectivity index (χ2v) is 6.20. The second kappa shape index (κ2) is 4.10. The quantitative estimate of drug-likeness (QED) is 0.838. The third-order valence-electron chi connectivity index (χ3n) is 2.64. The molecule has 0 radical (unpaired) electrons. The number of nitrogens with zero attached hydrogens (tertiary/aromatic N) is 4. The monoisotopic (exact) mass is 288 g/mol. The Morgan fingerprint density at radius 1 is 1.17 bits per heavy atom. The number of rotatable bonds is 2. The van der Waals surface area contributed by atoms with Crippen LogP contribution in [0.25, 0.3) is 0 Å². The molecule has 2 aromatic heterocycles. The summed E-state index contributed by atoms with van der Waals surface area (Å²) in [6.07, 6.45) is 1.45. The Morgan fingerprint density at radius 3 is 2.17 bits per heavy atom. The Labute approximate surface area is 110 Å². The highest BCUT2D eigenvalue weighted by atomic mass is 35.5. The molecule has 18 heavy (non-hydrogen) atoms. The summed E-state index contributed by atoms with van der Waals surface area (Å²) in [7, 11) is -2.08. The third-order valence-corrected chi connectivity index (χ3v) is 4.95. The summed E-state index contributed by atoms with van der Waals surface area (Å²) in [4.78, 5) is 0.132. The van der Waals surface area contributed by atoms with Crippen LogP contribution >= 0.6 is 11.6 Å². The van der Waals surface area contributed by atoms with Gasteiger partial charge in [-0.3, -0.25) is 4.68 Å². The molecule has 0 amide bonds. The van der Waals surface area contributed by atoms with Crippen molar-refractivity contribution in [1.29, 1.82) is 0 Å². The SMILES string of the molecule is Cc1nn(C)cc1S(=O)(=O)n1nc(C)c(Cl)c1C. The van der Waals surface area contributed by atoms with E-state index in [4.69, 9.17) is 11.6 Å². The molecular weight excluding hydrogens is 276 g/mol.